The topological polar surface area (TPSA) is 47.6 Å². The quantitative estimate of drug-likeness (QED) is 0.552. The van der Waals surface area contributed by atoms with E-state index in [2.05, 4.69) is 35.1 Å². The predicted molar refractivity (Wildman–Crippen MR) is 82.9 cm³/mol. The van der Waals surface area contributed by atoms with E-state index < -0.39 is 0 Å². The molecule has 0 spiro atoms. The Kier molecular flexibility index (Phi) is 8.30. The van der Waals surface area contributed by atoms with Gasteiger partial charge in [0.1, 0.15) is 5.75 Å². The molecule has 0 atom stereocenters. The summed E-state index contributed by atoms with van der Waals surface area (Å²) in [6.45, 7) is 6.26. The van der Waals surface area contributed by atoms with E-state index in [0.29, 0.717) is 12.4 Å². The second kappa shape index (κ2) is 9.77. The Hall–Kier alpha value is -1.07. The van der Waals surface area contributed by atoms with Gasteiger partial charge in [-0.05, 0) is 46.6 Å². The zero-order valence-corrected chi connectivity index (χ0v) is 13.7. The summed E-state index contributed by atoms with van der Waals surface area (Å²) in [4.78, 5) is 11.4. The fourth-order valence-corrected chi connectivity index (χ4v) is 2.09. The van der Waals surface area contributed by atoms with Gasteiger partial charge in [0.15, 0.2) is 6.61 Å². The molecule has 4 nitrogen and oxygen atoms in total. The van der Waals surface area contributed by atoms with E-state index in [9.17, 15) is 4.79 Å². The smallest absolute Gasteiger partial charge is 0.344 e. The van der Waals surface area contributed by atoms with E-state index in [0.717, 1.165) is 36.0 Å². The lowest BCUT2D eigenvalue weighted by Crippen LogP contribution is -2.16. The Morgan fingerprint density at radius 2 is 2.15 bits per heavy atom. The average Bonchev–Trinajstić information content (AvgIpc) is 2.44. The Balaban J connectivity index is 2.42. The van der Waals surface area contributed by atoms with Gasteiger partial charge >= 0.3 is 5.97 Å². The molecule has 112 valence electrons. The van der Waals surface area contributed by atoms with Crippen LogP contribution in [0.2, 0.25) is 0 Å². The Morgan fingerprint density at radius 3 is 2.80 bits per heavy atom. The lowest BCUT2D eigenvalue weighted by atomic mass is 10.2. The molecular weight excluding hydrogens is 322 g/mol. The average molecular weight is 344 g/mol. The van der Waals surface area contributed by atoms with Crippen molar-refractivity contribution >= 4 is 21.9 Å². The van der Waals surface area contributed by atoms with Crippen molar-refractivity contribution in [3.8, 4) is 5.75 Å². The third-order valence-electron chi connectivity index (χ3n) is 2.68. The van der Waals surface area contributed by atoms with Crippen LogP contribution in [0.5, 0.6) is 5.75 Å². The minimum absolute atomic E-state index is 0.0606. The Bertz CT molecular complexity index is 424. The molecule has 0 heterocycles. The normalized spacial score (nSPS) is 10.3. The van der Waals surface area contributed by atoms with E-state index in [4.69, 9.17) is 9.47 Å². The molecule has 0 bridgehead atoms. The van der Waals surface area contributed by atoms with Crippen LogP contribution in [0.25, 0.3) is 0 Å². The highest BCUT2D eigenvalue weighted by Crippen LogP contribution is 2.26. The lowest BCUT2D eigenvalue weighted by Gasteiger charge is -2.10. The van der Waals surface area contributed by atoms with Gasteiger partial charge in [0.2, 0.25) is 0 Å². The third-order valence-corrected chi connectivity index (χ3v) is 3.30. The molecule has 0 aromatic heterocycles. The largest absolute Gasteiger partial charge is 0.481 e. The number of esters is 1. The summed E-state index contributed by atoms with van der Waals surface area (Å²) in [5.41, 5.74) is 1.16. The van der Waals surface area contributed by atoms with Crippen LogP contribution < -0.4 is 10.1 Å². The second-order valence-electron chi connectivity index (χ2n) is 4.41. The molecule has 5 heteroatoms. The van der Waals surface area contributed by atoms with Crippen LogP contribution in [-0.2, 0) is 16.1 Å². The van der Waals surface area contributed by atoms with Crippen molar-refractivity contribution < 1.29 is 14.3 Å². The number of carbonyl (C=O) groups excluding carboxylic acids is 1. The molecule has 1 N–H and O–H groups in total. The van der Waals surface area contributed by atoms with Gasteiger partial charge in [0.05, 0.1) is 11.1 Å². The number of carbonyl (C=O) groups is 1. The molecule has 1 rings (SSSR count). The zero-order chi connectivity index (χ0) is 14.8. The van der Waals surface area contributed by atoms with Gasteiger partial charge in [0, 0.05) is 6.54 Å². The first-order chi connectivity index (χ1) is 9.67. The SMILES string of the molecule is CCCCOC(=O)COc1ccc(CNCC)cc1Br. The predicted octanol–water partition coefficient (Wildman–Crippen LogP) is 3.28. The number of hydrogen-bond donors (Lipinski definition) is 1. The first-order valence-corrected chi connectivity index (χ1v) is 7.74. The Labute approximate surface area is 129 Å². The number of hydrogen-bond acceptors (Lipinski definition) is 4. The maximum atomic E-state index is 11.4. The summed E-state index contributed by atoms with van der Waals surface area (Å²) in [6.07, 6.45) is 1.89. The van der Waals surface area contributed by atoms with Gasteiger partial charge < -0.3 is 14.8 Å². The second-order valence-corrected chi connectivity index (χ2v) is 5.26. The highest BCUT2D eigenvalue weighted by atomic mass is 79.9. The number of rotatable bonds is 9. The van der Waals surface area contributed by atoms with Crippen LogP contribution in [0, 0.1) is 0 Å². The fraction of sp³-hybridized carbons (Fsp3) is 0.533. The van der Waals surface area contributed by atoms with Crippen LogP contribution in [0.15, 0.2) is 22.7 Å². The van der Waals surface area contributed by atoms with Crippen molar-refractivity contribution in [1.82, 2.24) is 5.32 Å². The van der Waals surface area contributed by atoms with Crippen LogP contribution >= 0.6 is 15.9 Å². The minimum atomic E-state index is -0.331. The molecule has 0 saturated heterocycles. The van der Waals surface area contributed by atoms with Gasteiger partial charge in [-0.1, -0.05) is 26.3 Å². The molecule has 0 radical (unpaired) electrons. The molecular formula is C15H22BrNO3. The molecule has 0 aliphatic heterocycles. The zero-order valence-electron chi connectivity index (χ0n) is 12.1. The van der Waals surface area contributed by atoms with E-state index in [1.54, 1.807) is 0 Å². The summed E-state index contributed by atoms with van der Waals surface area (Å²) in [6, 6.07) is 5.82. The van der Waals surface area contributed by atoms with Crippen LogP contribution in [0.1, 0.15) is 32.3 Å². The highest BCUT2D eigenvalue weighted by Gasteiger charge is 2.07. The molecule has 0 aliphatic carbocycles. The molecule has 1 aromatic carbocycles. The number of nitrogens with one attached hydrogen (secondary N) is 1. The lowest BCUT2D eigenvalue weighted by molar-refractivity contribution is -0.146. The third kappa shape index (κ3) is 6.39. The molecule has 0 fully saturated rings. The maximum Gasteiger partial charge on any atom is 0.344 e. The number of benzene rings is 1. The molecule has 0 aliphatic rings. The van der Waals surface area contributed by atoms with E-state index in [-0.39, 0.29) is 12.6 Å². The van der Waals surface area contributed by atoms with E-state index in [1.807, 2.05) is 18.2 Å². The van der Waals surface area contributed by atoms with Crippen LogP contribution in [-0.4, -0.2) is 25.7 Å². The summed E-state index contributed by atoms with van der Waals surface area (Å²) in [5, 5.41) is 3.25. The minimum Gasteiger partial charge on any atom is -0.481 e. The van der Waals surface area contributed by atoms with Gasteiger partial charge in [-0.3, -0.25) is 0 Å². The first-order valence-electron chi connectivity index (χ1n) is 6.95. The van der Waals surface area contributed by atoms with Crippen molar-refractivity contribution in [3.63, 3.8) is 0 Å². The standard InChI is InChI=1S/C15H22BrNO3/c1-3-5-8-19-15(18)11-20-14-7-6-12(9-13(14)16)10-17-4-2/h6-7,9,17H,3-5,8,10-11H2,1-2H3. The van der Waals surface area contributed by atoms with Crippen molar-refractivity contribution in [2.75, 3.05) is 19.8 Å². The highest BCUT2D eigenvalue weighted by molar-refractivity contribution is 9.10. The monoisotopic (exact) mass is 343 g/mol. The van der Waals surface area contributed by atoms with Crippen molar-refractivity contribution in [1.29, 1.82) is 0 Å². The summed E-state index contributed by atoms with van der Waals surface area (Å²) >= 11 is 3.45. The van der Waals surface area contributed by atoms with Crippen molar-refractivity contribution in [2.45, 2.75) is 33.2 Å². The summed E-state index contributed by atoms with van der Waals surface area (Å²) in [5.74, 6) is 0.319. The molecule has 20 heavy (non-hydrogen) atoms. The van der Waals surface area contributed by atoms with Gasteiger partial charge in [0.25, 0.3) is 0 Å². The number of halogens is 1. The molecule has 0 saturated carbocycles. The maximum absolute atomic E-state index is 11.4. The summed E-state index contributed by atoms with van der Waals surface area (Å²) in [7, 11) is 0. The van der Waals surface area contributed by atoms with Gasteiger partial charge in [-0.2, -0.15) is 0 Å². The van der Waals surface area contributed by atoms with Crippen LogP contribution in [0.4, 0.5) is 0 Å². The van der Waals surface area contributed by atoms with Crippen LogP contribution in [0.3, 0.4) is 0 Å². The summed E-state index contributed by atoms with van der Waals surface area (Å²) < 4.78 is 11.3. The van der Waals surface area contributed by atoms with E-state index >= 15 is 0 Å². The Morgan fingerprint density at radius 1 is 1.35 bits per heavy atom. The van der Waals surface area contributed by atoms with E-state index in [1.165, 1.54) is 0 Å². The van der Waals surface area contributed by atoms with Crippen molar-refractivity contribution in [2.24, 2.45) is 0 Å². The molecule has 0 amide bonds. The molecule has 0 unspecified atom stereocenters. The first kappa shape index (κ1) is 17.0. The number of unbranched alkanes of at least 4 members (excludes halogenated alkanes) is 1. The molecule has 1 aromatic rings. The number of ether oxygens (including phenoxy) is 2. The fourth-order valence-electron chi connectivity index (χ4n) is 1.55. The van der Waals surface area contributed by atoms with Gasteiger partial charge in [-0.15, -0.1) is 0 Å². The van der Waals surface area contributed by atoms with Crippen molar-refractivity contribution in [3.05, 3.63) is 28.2 Å². The van der Waals surface area contributed by atoms with Gasteiger partial charge in [-0.25, -0.2) is 4.79 Å².